The van der Waals surface area contributed by atoms with Gasteiger partial charge in [-0.3, -0.25) is 20.4 Å². The molecule has 0 radical (unpaired) electrons. The molecule has 0 saturated carbocycles. The summed E-state index contributed by atoms with van der Waals surface area (Å²) in [6.45, 7) is 0. The molecule has 3 aromatic rings. The number of hydrazine groups is 1. The number of benzene rings is 2. The zero-order valence-corrected chi connectivity index (χ0v) is 16.1. The SMILES string of the molecule is COc1ccc(SCC(=O)NNC(=O)CSc2nc3ccccc3o2)cc1. The Hall–Kier alpha value is -2.65. The number of nitrogens with one attached hydrogen (secondary N) is 2. The van der Waals surface area contributed by atoms with Crippen molar-refractivity contribution in [2.75, 3.05) is 18.6 Å². The summed E-state index contributed by atoms with van der Waals surface area (Å²) < 4.78 is 10.6. The number of oxazole rings is 1. The van der Waals surface area contributed by atoms with E-state index in [9.17, 15) is 9.59 Å². The first kappa shape index (κ1) is 19.1. The first-order valence-electron chi connectivity index (χ1n) is 7.97. The molecule has 3 rings (SSSR count). The monoisotopic (exact) mass is 403 g/mol. The minimum Gasteiger partial charge on any atom is -0.497 e. The Bertz CT molecular complexity index is 895. The number of aromatic nitrogens is 1. The summed E-state index contributed by atoms with van der Waals surface area (Å²) >= 11 is 2.52. The first-order valence-corrected chi connectivity index (χ1v) is 9.94. The number of hydrogen-bond donors (Lipinski definition) is 2. The number of hydrogen-bond acceptors (Lipinski definition) is 7. The molecule has 0 unspecified atom stereocenters. The zero-order chi connectivity index (χ0) is 19.1. The predicted molar refractivity (Wildman–Crippen MR) is 105 cm³/mol. The highest BCUT2D eigenvalue weighted by molar-refractivity contribution is 8.00. The molecule has 0 saturated heterocycles. The topological polar surface area (TPSA) is 93.5 Å². The largest absolute Gasteiger partial charge is 0.497 e. The number of methoxy groups -OCH3 is 1. The molecule has 2 amide bonds. The molecule has 0 aliphatic heterocycles. The van der Waals surface area contributed by atoms with Crippen LogP contribution in [0.25, 0.3) is 11.1 Å². The highest BCUT2D eigenvalue weighted by Crippen LogP contribution is 2.23. The minimum atomic E-state index is -0.343. The van der Waals surface area contributed by atoms with E-state index in [0.29, 0.717) is 10.8 Å². The van der Waals surface area contributed by atoms with Gasteiger partial charge in [0.1, 0.15) is 11.3 Å². The van der Waals surface area contributed by atoms with E-state index in [2.05, 4.69) is 15.8 Å². The zero-order valence-electron chi connectivity index (χ0n) is 14.4. The van der Waals surface area contributed by atoms with E-state index in [1.54, 1.807) is 7.11 Å². The van der Waals surface area contributed by atoms with Crippen molar-refractivity contribution >= 4 is 46.4 Å². The van der Waals surface area contributed by atoms with Crippen molar-refractivity contribution in [3.63, 3.8) is 0 Å². The Morgan fingerprint density at radius 1 is 1.00 bits per heavy atom. The molecule has 0 aliphatic carbocycles. The number of thioether (sulfide) groups is 2. The molecule has 2 N–H and O–H groups in total. The molecule has 0 spiro atoms. The second-order valence-corrected chi connectivity index (χ2v) is 7.27. The minimum absolute atomic E-state index is 0.0821. The highest BCUT2D eigenvalue weighted by atomic mass is 32.2. The van der Waals surface area contributed by atoms with E-state index in [-0.39, 0.29) is 23.3 Å². The highest BCUT2D eigenvalue weighted by Gasteiger charge is 2.10. The Morgan fingerprint density at radius 3 is 2.33 bits per heavy atom. The van der Waals surface area contributed by atoms with Gasteiger partial charge < -0.3 is 9.15 Å². The maximum Gasteiger partial charge on any atom is 0.257 e. The lowest BCUT2D eigenvalue weighted by Crippen LogP contribution is -2.43. The van der Waals surface area contributed by atoms with Gasteiger partial charge >= 0.3 is 0 Å². The van der Waals surface area contributed by atoms with Gasteiger partial charge in [-0.05, 0) is 36.4 Å². The van der Waals surface area contributed by atoms with Crippen molar-refractivity contribution in [2.24, 2.45) is 0 Å². The normalized spacial score (nSPS) is 10.6. The van der Waals surface area contributed by atoms with E-state index in [4.69, 9.17) is 9.15 Å². The van der Waals surface area contributed by atoms with E-state index >= 15 is 0 Å². The summed E-state index contributed by atoms with van der Waals surface area (Å²) in [6, 6.07) is 14.8. The Balaban J connectivity index is 1.37. The van der Waals surface area contributed by atoms with Crippen molar-refractivity contribution in [2.45, 2.75) is 10.1 Å². The Kier molecular flexibility index (Phi) is 6.61. The number of carbonyl (C=O) groups excluding carboxylic acids is 2. The van der Waals surface area contributed by atoms with Crippen LogP contribution >= 0.6 is 23.5 Å². The molecule has 27 heavy (non-hydrogen) atoms. The lowest BCUT2D eigenvalue weighted by Gasteiger charge is -2.07. The standard InChI is InChI=1S/C18H17N3O4S2/c1-24-12-6-8-13(9-7-12)26-10-16(22)20-21-17(23)11-27-18-19-14-4-2-3-5-15(14)25-18/h2-9H,10-11H2,1H3,(H,20,22)(H,21,23). The number of carbonyl (C=O) groups is 2. The van der Waals surface area contributed by atoms with Crippen molar-refractivity contribution in [1.29, 1.82) is 0 Å². The van der Waals surface area contributed by atoms with Gasteiger partial charge in [0.05, 0.1) is 18.6 Å². The van der Waals surface area contributed by atoms with E-state index < -0.39 is 0 Å². The van der Waals surface area contributed by atoms with Crippen molar-refractivity contribution in [3.05, 3.63) is 48.5 Å². The quantitative estimate of drug-likeness (QED) is 0.463. The van der Waals surface area contributed by atoms with E-state index in [1.165, 1.54) is 11.8 Å². The second kappa shape index (κ2) is 9.33. The van der Waals surface area contributed by atoms with Crippen LogP contribution in [0.4, 0.5) is 0 Å². The number of ether oxygens (including phenoxy) is 1. The molecule has 2 aromatic carbocycles. The van der Waals surface area contributed by atoms with Crippen LogP contribution in [0.2, 0.25) is 0 Å². The lowest BCUT2D eigenvalue weighted by atomic mass is 10.3. The maximum absolute atomic E-state index is 11.8. The van der Waals surface area contributed by atoms with Gasteiger partial charge in [0.15, 0.2) is 5.58 Å². The van der Waals surface area contributed by atoms with Crippen LogP contribution in [0.1, 0.15) is 0 Å². The molecule has 1 heterocycles. The predicted octanol–water partition coefficient (Wildman–Crippen LogP) is 2.87. The summed E-state index contributed by atoms with van der Waals surface area (Å²) in [6.07, 6.45) is 0. The summed E-state index contributed by atoms with van der Waals surface area (Å²) in [5.74, 6) is 0.387. The third-order valence-electron chi connectivity index (χ3n) is 3.37. The van der Waals surface area contributed by atoms with Crippen LogP contribution in [-0.4, -0.2) is 35.4 Å². The fourth-order valence-corrected chi connectivity index (χ4v) is 3.41. The van der Waals surface area contributed by atoms with Crippen molar-refractivity contribution < 1.29 is 18.7 Å². The average molecular weight is 403 g/mol. The maximum atomic E-state index is 11.8. The second-order valence-electron chi connectivity index (χ2n) is 5.30. The third-order valence-corrected chi connectivity index (χ3v) is 5.21. The van der Waals surface area contributed by atoms with Gasteiger partial charge in [-0.2, -0.15) is 0 Å². The van der Waals surface area contributed by atoms with Crippen LogP contribution in [-0.2, 0) is 9.59 Å². The smallest absolute Gasteiger partial charge is 0.257 e. The molecular formula is C18H17N3O4S2. The molecular weight excluding hydrogens is 386 g/mol. The van der Waals surface area contributed by atoms with Crippen molar-refractivity contribution in [1.82, 2.24) is 15.8 Å². The lowest BCUT2D eigenvalue weighted by molar-refractivity contribution is -0.126. The molecule has 0 bridgehead atoms. The van der Waals surface area contributed by atoms with Crippen LogP contribution in [0.3, 0.4) is 0 Å². The third kappa shape index (κ3) is 5.66. The molecule has 1 aromatic heterocycles. The summed E-state index contributed by atoms with van der Waals surface area (Å²) in [4.78, 5) is 28.9. The van der Waals surface area contributed by atoms with Gasteiger partial charge in [0, 0.05) is 4.90 Å². The average Bonchev–Trinajstić information content (AvgIpc) is 3.12. The number of nitrogens with zero attached hydrogens (tertiary/aromatic N) is 1. The molecule has 9 heteroatoms. The van der Waals surface area contributed by atoms with Crippen LogP contribution in [0, 0.1) is 0 Å². The fraction of sp³-hybridized carbons (Fsp3) is 0.167. The number of rotatable bonds is 7. The van der Waals surface area contributed by atoms with Gasteiger partial charge in [0.2, 0.25) is 11.8 Å². The molecule has 0 fully saturated rings. The van der Waals surface area contributed by atoms with Crippen LogP contribution in [0.15, 0.2) is 63.1 Å². The summed E-state index contributed by atoms with van der Waals surface area (Å²) in [5.41, 5.74) is 6.18. The first-order chi connectivity index (χ1) is 13.1. The number of amides is 2. The fourth-order valence-electron chi connectivity index (χ4n) is 2.07. The van der Waals surface area contributed by atoms with Crippen LogP contribution in [0.5, 0.6) is 5.75 Å². The van der Waals surface area contributed by atoms with Gasteiger partial charge in [0.25, 0.3) is 5.22 Å². The molecule has 140 valence electrons. The van der Waals surface area contributed by atoms with E-state index in [0.717, 1.165) is 27.9 Å². The van der Waals surface area contributed by atoms with E-state index in [1.807, 2.05) is 48.5 Å². The van der Waals surface area contributed by atoms with Gasteiger partial charge in [-0.1, -0.05) is 23.9 Å². The molecule has 0 atom stereocenters. The molecule has 7 nitrogen and oxygen atoms in total. The van der Waals surface area contributed by atoms with Crippen molar-refractivity contribution in [3.8, 4) is 5.75 Å². The Morgan fingerprint density at radius 2 is 1.67 bits per heavy atom. The Labute approximate surface area is 164 Å². The van der Waals surface area contributed by atoms with Gasteiger partial charge in [-0.25, -0.2) is 4.98 Å². The summed E-state index contributed by atoms with van der Waals surface area (Å²) in [5, 5.41) is 0.410. The van der Waals surface area contributed by atoms with Crippen LogP contribution < -0.4 is 15.6 Å². The number of fused-ring (bicyclic) bond motifs is 1. The van der Waals surface area contributed by atoms with Gasteiger partial charge in [-0.15, -0.1) is 11.8 Å². The summed E-state index contributed by atoms with van der Waals surface area (Å²) in [7, 11) is 1.60. The molecule has 0 aliphatic rings. The number of para-hydroxylation sites is 2.